The molecule has 0 saturated heterocycles. The standard InChI is InChI=1S/C30H36ClN3O4S/c1-6-22(3)32-30(36)24(5)33(19-25-14-11-10-13-21(25)2)29(35)20-34(28-18-12-17-27(31)23(28)4)39(37,38)26-15-8-7-9-16-26/h7-18,22,24H,6,19-20H2,1-5H3,(H,32,36)/t22-,24+/m1/s1. The van der Waals surface area contributed by atoms with Crippen molar-refractivity contribution in [1.82, 2.24) is 10.2 Å². The van der Waals surface area contributed by atoms with Gasteiger partial charge in [-0.15, -0.1) is 0 Å². The molecule has 1 N–H and O–H groups in total. The van der Waals surface area contributed by atoms with Gasteiger partial charge in [0, 0.05) is 17.6 Å². The first-order valence-corrected chi connectivity index (χ1v) is 14.8. The van der Waals surface area contributed by atoms with E-state index in [1.54, 1.807) is 50.2 Å². The van der Waals surface area contributed by atoms with Crippen LogP contribution in [0, 0.1) is 13.8 Å². The summed E-state index contributed by atoms with van der Waals surface area (Å²) in [6.07, 6.45) is 0.737. The first-order chi connectivity index (χ1) is 18.5. The largest absolute Gasteiger partial charge is 0.352 e. The molecule has 39 heavy (non-hydrogen) atoms. The molecule has 0 aromatic heterocycles. The number of benzene rings is 3. The molecule has 0 heterocycles. The average molecular weight is 570 g/mol. The summed E-state index contributed by atoms with van der Waals surface area (Å²) in [6, 6.07) is 19.6. The molecule has 0 radical (unpaired) electrons. The zero-order chi connectivity index (χ0) is 28.7. The van der Waals surface area contributed by atoms with Crippen LogP contribution in [0.3, 0.4) is 0 Å². The lowest BCUT2D eigenvalue weighted by Crippen LogP contribution is -2.52. The predicted octanol–water partition coefficient (Wildman–Crippen LogP) is 5.48. The fourth-order valence-corrected chi connectivity index (χ4v) is 5.78. The van der Waals surface area contributed by atoms with Crippen LogP contribution in [0.25, 0.3) is 0 Å². The van der Waals surface area contributed by atoms with Gasteiger partial charge in [-0.05, 0) is 75.1 Å². The van der Waals surface area contributed by atoms with Crippen molar-refractivity contribution in [3.63, 3.8) is 0 Å². The van der Waals surface area contributed by atoms with Gasteiger partial charge in [-0.3, -0.25) is 13.9 Å². The lowest BCUT2D eigenvalue weighted by Gasteiger charge is -2.33. The molecule has 3 aromatic carbocycles. The third-order valence-corrected chi connectivity index (χ3v) is 9.07. The molecule has 0 spiro atoms. The first-order valence-electron chi connectivity index (χ1n) is 12.9. The molecule has 0 aliphatic heterocycles. The van der Waals surface area contributed by atoms with Gasteiger partial charge in [0.1, 0.15) is 12.6 Å². The Morgan fingerprint density at radius 3 is 2.21 bits per heavy atom. The summed E-state index contributed by atoms with van der Waals surface area (Å²) in [4.78, 5) is 28.7. The number of aryl methyl sites for hydroxylation is 1. The summed E-state index contributed by atoms with van der Waals surface area (Å²) in [5.74, 6) is -0.813. The third-order valence-electron chi connectivity index (χ3n) is 6.89. The van der Waals surface area contributed by atoms with Crippen molar-refractivity contribution in [2.24, 2.45) is 0 Å². The van der Waals surface area contributed by atoms with Gasteiger partial charge in [0.25, 0.3) is 10.0 Å². The van der Waals surface area contributed by atoms with Crippen molar-refractivity contribution in [2.75, 3.05) is 10.8 Å². The number of halogens is 1. The number of rotatable bonds is 11. The maximum atomic E-state index is 14.0. The minimum Gasteiger partial charge on any atom is -0.352 e. The number of amides is 2. The Balaban J connectivity index is 2.07. The molecule has 2 atom stereocenters. The number of carbonyl (C=O) groups excluding carboxylic acids is 2. The summed E-state index contributed by atoms with van der Waals surface area (Å²) in [5.41, 5.74) is 2.65. The van der Waals surface area contributed by atoms with Crippen molar-refractivity contribution < 1.29 is 18.0 Å². The number of hydrogen-bond acceptors (Lipinski definition) is 4. The van der Waals surface area contributed by atoms with Gasteiger partial charge in [0.15, 0.2) is 0 Å². The second kappa shape index (κ2) is 13.1. The summed E-state index contributed by atoms with van der Waals surface area (Å²) in [7, 11) is -4.15. The molecule has 0 unspecified atom stereocenters. The minimum absolute atomic E-state index is 0.0465. The van der Waals surface area contributed by atoms with E-state index in [1.807, 2.05) is 45.0 Å². The molecular formula is C30H36ClN3O4S. The second-order valence-electron chi connectivity index (χ2n) is 9.65. The smallest absolute Gasteiger partial charge is 0.264 e. The van der Waals surface area contributed by atoms with Gasteiger partial charge in [0.2, 0.25) is 11.8 Å². The SMILES string of the molecule is CC[C@@H](C)NC(=O)[C@H](C)N(Cc1ccccc1C)C(=O)CN(c1cccc(Cl)c1C)S(=O)(=O)c1ccccc1. The average Bonchev–Trinajstić information content (AvgIpc) is 2.92. The molecule has 0 aliphatic rings. The fraction of sp³-hybridized carbons (Fsp3) is 0.333. The normalized spacial score (nSPS) is 12.9. The van der Waals surface area contributed by atoms with E-state index in [9.17, 15) is 18.0 Å². The Hall–Kier alpha value is -3.36. The number of nitrogens with one attached hydrogen (secondary N) is 1. The molecular weight excluding hydrogens is 534 g/mol. The maximum absolute atomic E-state index is 14.0. The van der Waals surface area contributed by atoms with Crippen molar-refractivity contribution in [3.8, 4) is 0 Å². The summed E-state index contributed by atoms with van der Waals surface area (Å²) >= 11 is 6.36. The number of anilines is 1. The van der Waals surface area contributed by atoms with E-state index < -0.39 is 28.5 Å². The number of hydrogen-bond donors (Lipinski definition) is 1. The molecule has 0 bridgehead atoms. The van der Waals surface area contributed by atoms with Gasteiger partial charge >= 0.3 is 0 Å². The van der Waals surface area contributed by atoms with Gasteiger partial charge in [0.05, 0.1) is 10.6 Å². The molecule has 0 saturated carbocycles. The van der Waals surface area contributed by atoms with Crippen LogP contribution in [-0.2, 0) is 26.2 Å². The summed E-state index contributed by atoms with van der Waals surface area (Å²) in [6.45, 7) is 8.81. The van der Waals surface area contributed by atoms with Crippen LogP contribution in [0.1, 0.15) is 43.9 Å². The maximum Gasteiger partial charge on any atom is 0.264 e. The zero-order valence-electron chi connectivity index (χ0n) is 23.0. The van der Waals surface area contributed by atoms with Crippen molar-refractivity contribution >= 4 is 39.1 Å². The second-order valence-corrected chi connectivity index (χ2v) is 11.9. The Morgan fingerprint density at radius 2 is 1.56 bits per heavy atom. The van der Waals surface area contributed by atoms with Crippen LogP contribution in [0.15, 0.2) is 77.7 Å². The van der Waals surface area contributed by atoms with Crippen molar-refractivity contribution in [1.29, 1.82) is 0 Å². The highest BCUT2D eigenvalue weighted by molar-refractivity contribution is 7.92. The fourth-order valence-electron chi connectivity index (χ4n) is 4.12. The Bertz CT molecular complexity index is 1410. The summed E-state index contributed by atoms with van der Waals surface area (Å²) in [5, 5.41) is 3.32. The van der Waals surface area contributed by atoms with Gasteiger partial charge in [-0.2, -0.15) is 0 Å². The molecule has 3 aromatic rings. The number of carbonyl (C=O) groups is 2. The predicted molar refractivity (Wildman–Crippen MR) is 156 cm³/mol. The van der Waals surface area contributed by atoms with E-state index in [-0.39, 0.29) is 23.4 Å². The first kappa shape index (κ1) is 30.2. The van der Waals surface area contributed by atoms with Crippen molar-refractivity contribution in [2.45, 2.75) is 64.6 Å². The van der Waals surface area contributed by atoms with E-state index in [0.29, 0.717) is 16.3 Å². The van der Waals surface area contributed by atoms with Gasteiger partial charge < -0.3 is 10.2 Å². The molecule has 0 aliphatic carbocycles. The van der Waals surface area contributed by atoms with Gasteiger partial charge in [-0.1, -0.05) is 67.1 Å². The lowest BCUT2D eigenvalue weighted by atomic mass is 10.1. The van der Waals surface area contributed by atoms with Crippen LogP contribution in [0.2, 0.25) is 5.02 Å². The van der Waals surface area contributed by atoms with Crippen LogP contribution in [0.4, 0.5) is 5.69 Å². The zero-order valence-corrected chi connectivity index (χ0v) is 24.6. The molecule has 208 valence electrons. The Morgan fingerprint density at radius 1 is 0.923 bits per heavy atom. The molecule has 2 amide bonds. The van der Waals surface area contributed by atoms with Crippen LogP contribution >= 0.6 is 11.6 Å². The molecule has 0 fully saturated rings. The highest BCUT2D eigenvalue weighted by Crippen LogP contribution is 2.31. The number of sulfonamides is 1. The Kier molecular flexibility index (Phi) is 10.2. The van der Waals surface area contributed by atoms with Crippen LogP contribution in [0.5, 0.6) is 0 Å². The monoisotopic (exact) mass is 569 g/mol. The van der Waals surface area contributed by atoms with E-state index >= 15 is 0 Å². The molecule has 7 nitrogen and oxygen atoms in total. The quantitative estimate of drug-likeness (QED) is 0.331. The molecule has 3 rings (SSSR count). The van der Waals surface area contributed by atoms with Crippen LogP contribution in [-0.4, -0.2) is 43.8 Å². The third kappa shape index (κ3) is 7.19. The lowest BCUT2D eigenvalue weighted by molar-refractivity contribution is -0.139. The Labute approximate surface area is 236 Å². The minimum atomic E-state index is -4.15. The van der Waals surface area contributed by atoms with Crippen LogP contribution < -0.4 is 9.62 Å². The topological polar surface area (TPSA) is 86.8 Å². The highest BCUT2D eigenvalue weighted by Gasteiger charge is 2.33. The number of nitrogens with zero attached hydrogens (tertiary/aromatic N) is 2. The molecule has 9 heteroatoms. The van der Waals surface area contributed by atoms with E-state index in [4.69, 9.17) is 11.6 Å². The van der Waals surface area contributed by atoms with E-state index in [0.717, 1.165) is 21.9 Å². The van der Waals surface area contributed by atoms with Crippen molar-refractivity contribution in [3.05, 3.63) is 94.5 Å². The highest BCUT2D eigenvalue weighted by atomic mass is 35.5. The van der Waals surface area contributed by atoms with Gasteiger partial charge in [-0.25, -0.2) is 8.42 Å². The summed E-state index contributed by atoms with van der Waals surface area (Å²) < 4.78 is 28.9. The van der Waals surface area contributed by atoms with E-state index in [2.05, 4.69) is 5.32 Å². The van der Waals surface area contributed by atoms with E-state index in [1.165, 1.54) is 17.0 Å².